The van der Waals surface area contributed by atoms with Crippen molar-refractivity contribution in [1.29, 1.82) is 0 Å². The molecule has 0 saturated heterocycles. The summed E-state index contributed by atoms with van der Waals surface area (Å²) in [6, 6.07) is 10.3. The van der Waals surface area contributed by atoms with Crippen molar-refractivity contribution in [2.24, 2.45) is 0 Å². The van der Waals surface area contributed by atoms with Gasteiger partial charge in [-0.25, -0.2) is 0 Å². The molecule has 3 rings (SSSR count). The third-order valence-corrected chi connectivity index (χ3v) is 4.32. The lowest BCUT2D eigenvalue weighted by atomic mass is 10.2. The molecule has 1 aliphatic rings. The second-order valence-electron chi connectivity index (χ2n) is 5.49. The number of benzene rings is 1. The zero-order chi connectivity index (χ0) is 14.7. The van der Waals surface area contributed by atoms with E-state index in [4.69, 9.17) is 4.74 Å². The maximum atomic E-state index is 12.4. The van der Waals surface area contributed by atoms with Crippen LogP contribution in [-0.4, -0.2) is 23.5 Å². The van der Waals surface area contributed by atoms with Gasteiger partial charge in [0.15, 0.2) is 6.61 Å². The highest BCUT2D eigenvalue weighted by Crippen LogP contribution is 2.29. The average molecular weight is 301 g/mol. The van der Waals surface area contributed by atoms with Gasteiger partial charge in [0.2, 0.25) is 0 Å². The normalized spacial score (nSPS) is 14.0. The number of thiophene rings is 1. The summed E-state index contributed by atoms with van der Waals surface area (Å²) in [6.45, 7) is 2.83. The summed E-state index contributed by atoms with van der Waals surface area (Å²) >= 11 is 1.67. The molecule has 1 aliphatic carbocycles. The van der Waals surface area contributed by atoms with Crippen LogP contribution in [-0.2, 0) is 11.3 Å². The fraction of sp³-hybridized carbons (Fsp3) is 0.353. The minimum Gasteiger partial charge on any atom is -0.484 e. The van der Waals surface area contributed by atoms with Gasteiger partial charge in [-0.3, -0.25) is 4.79 Å². The number of hydrogen-bond acceptors (Lipinski definition) is 3. The lowest BCUT2D eigenvalue weighted by Gasteiger charge is -2.22. The van der Waals surface area contributed by atoms with Crippen molar-refractivity contribution in [3.63, 3.8) is 0 Å². The number of carbonyl (C=O) groups excluding carboxylic acids is 1. The summed E-state index contributed by atoms with van der Waals surface area (Å²) in [5.41, 5.74) is 2.34. The Morgan fingerprint density at radius 3 is 2.90 bits per heavy atom. The van der Waals surface area contributed by atoms with E-state index in [1.807, 2.05) is 41.5 Å². The second kappa shape index (κ2) is 6.31. The van der Waals surface area contributed by atoms with Crippen molar-refractivity contribution in [2.45, 2.75) is 32.4 Å². The molecular weight excluding hydrogens is 282 g/mol. The van der Waals surface area contributed by atoms with Gasteiger partial charge in [-0.2, -0.15) is 11.3 Å². The molecular formula is C17H19NO2S. The first-order valence-corrected chi connectivity index (χ1v) is 8.16. The molecule has 0 aliphatic heterocycles. The van der Waals surface area contributed by atoms with E-state index in [2.05, 4.69) is 11.4 Å². The minimum atomic E-state index is 0.0743. The van der Waals surface area contributed by atoms with Crippen LogP contribution in [0.25, 0.3) is 0 Å². The lowest BCUT2D eigenvalue weighted by molar-refractivity contribution is -0.134. The van der Waals surface area contributed by atoms with Crippen LogP contribution in [0, 0.1) is 6.92 Å². The minimum absolute atomic E-state index is 0.0743. The first-order chi connectivity index (χ1) is 10.2. The molecule has 2 aromatic rings. The van der Waals surface area contributed by atoms with E-state index in [0.29, 0.717) is 12.6 Å². The zero-order valence-corrected chi connectivity index (χ0v) is 12.9. The number of ether oxygens (including phenoxy) is 1. The molecule has 21 heavy (non-hydrogen) atoms. The Morgan fingerprint density at radius 1 is 1.38 bits per heavy atom. The molecule has 0 N–H and O–H groups in total. The molecule has 4 heteroatoms. The SMILES string of the molecule is Cc1cccc(OCC(=O)N(Cc2ccsc2)C2CC2)c1. The predicted molar refractivity (Wildman–Crippen MR) is 84.6 cm³/mol. The Balaban J connectivity index is 1.59. The zero-order valence-electron chi connectivity index (χ0n) is 12.1. The number of rotatable bonds is 6. The quantitative estimate of drug-likeness (QED) is 0.815. The maximum Gasteiger partial charge on any atom is 0.261 e. The monoisotopic (exact) mass is 301 g/mol. The molecule has 0 bridgehead atoms. The molecule has 0 unspecified atom stereocenters. The van der Waals surface area contributed by atoms with Gasteiger partial charge < -0.3 is 9.64 Å². The van der Waals surface area contributed by atoms with Gasteiger partial charge in [-0.05, 0) is 59.9 Å². The lowest BCUT2D eigenvalue weighted by Crippen LogP contribution is -2.36. The van der Waals surface area contributed by atoms with Crippen LogP contribution in [0.5, 0.6) is 5.75 Å². The molecule has 1 saturated carbocycles. The fourth-order valence-electron chi connectivity index (χ4n) is 2.32. The molecule has 0 spiro atoms. The van der Waals surface area contributed by atoms with E-state index in [0.717, 1.165) is 24.2 Å². The van der Waals surface area contributed by atoms with E-state index >= 15 is 0 Å². The van der Waals surface area contributed by atoms with Gasteiger partial charge >= 0.3 is 0 Å². The van der Waals surface area contributed by atoms with Gasteiger partial charge in [-0.15, -0.1) is 0 Å². The van der Waals surface area contributed by atoms with Crippen LogP contribution in [0.15, 0.2) is 41.1 Å². The highest BCUT2D eigenvalue weighted by molar-refractivity contribution is 7.07. The van der Waals surface area contributed by atoms with E-state index in [1.54, 1.807) is 11.3 Å². The number of nitrogens with zero attached hydrogens (tertiary/aromatic N) is 1. The van der Waals surface area contributed by atoms with E-state index in [1.165, 1.54) is 5.56 Å². The number of carbonyl (C=O) groups is 1. The van der Waals surface area contributed by atoms with E-state index in [-0.39, 0.29) is 12.5 Å². The smallest absolute Gasteiger partial charge is 0.261 e. The summed E-state index contributed by atoms with van der Waals surface area (Å²) in [5.74, 6) is 0.833. The summed E-state index contributed by atoms with van der Waals surface area (Å²) in [7, 11) is 0. The van der Waals surface area contributed by atoms with Crippen molar-refractivity contribution in [2.75, 3.05) is 6.61 Å². The molecule has 110 valence electrons. The van der Waals surface area contributed by atoms with Crippen molar-refractivity contribution in [1.82, 2.24) is 4.90 Å². The number of aryl methyl sites for hydroxylation is 1. The largest absolute Gasteiger partial charge is 0.484 e. The van der Waals surface area contributed by atoms with Crippen LogP contribution in [0.3, 0.4) is 0 Å². The first-order valence-electron chi connectivity index (χ1n) is 7.22. The van der Waals surface area contributed by atoms with Gasteiger partial charge in [0.25, 0.3) is 5.91 Å². The first kappa shape index (κ1) is 14.1. The summed E-state index contributed by atoms with van der Waals surface area (Å²) < 4.78 is 5.64. The van der Waals surface area contributed by atoms with Gasteiger partial charge in [0.1, 0.15) is 5.75 Å². The molecule has 3 nitrogen and oxygen atoms in total. The predicted octanol–water partition coefficient (Wildman–Crippen LogP) is 3.63. The maximum absolute atomic E-state index is 12.4. The highest BCUT2D eigenvalue weighted by atomic mass is 32.1. The average Bonchev–Trinajstić information content (AvgIpc) is 3.19. The number of hydrogen-bond donors (Lipinski definition) is 0. The summed E-state index contributed by atoms with van der Waals surface area (Å²) in [5, 5.41) is 4.15. The Hall–Kier alpha value is -1.81. The molecule has 1 amide bonds. The fourth-order valence-corrected chi connectivity index (χ4v) is 2.98. The van der Waals surface area contributed by atoms with Crippen molar-refractivity contribution in [3.8, 4) is 5.75 Å². The third kappa shape index (κ3) is 3.85. The highest BCUT2D eigenvalue weighted by Gasteiger charge is 2.32. The van der Waals surface area contributed by atoms with Crippen LogP contribution in [0.2, 0.25) is 0 Å². The van der Waals surface area contributed by atoms with E-state index in [9.17, 15) is 4.79 Å². The van der Waals surface area contributed by atoms with Crippen molar-refractivity contribution >= 4 is 17.2 Å². The Kier molecular flexibility index (Phi) is 4.25. The van der Waals surface area contributed by atoms with Crippen LogP contribution >= 0.6 is 11.3 Å². The topological polar surface area (TPSA) is 29.5 Å². The molecule has 0 radical (unpaired) electrons. The van der Waals surface area contributed by atoms with E-state index < -0.39 is 0 Å². The Morgan fingerprint density at radius 2 is 2.24 bits per heavy atom. The van der Waals surface area contributed by atoms with Crippen LogP contribution in [0.4, 0.5) is 0 Å². The molecule has 1 aromatic heterocycles. The van der Waals surface area contributed by atoms with Crippen molar-refractivity contribution < 1.29 is 9.53 Å². The summed E-state index contributed by atoms with van der Waals surface area (Å²) in [6.07, 6.45) is 2.22. The second-order valence-corrected chi connectivity index (χ2v) is 6.27. The van der Waals surface area contributed by atoms with Crippen LogP contribution < -0.4 is 4.74 Å². The molecule has 1 fully saturated rings. The standard InChI is InChI=1S/C17H19NO2S/c1-13-3-2-4-16(9-13)20-11-17(19)18(15-5-6-15)10-14-7-8-21-12-14/h2-4,7-9,12,15H,5-6,10-11H2,1H3. The number of amides is 1. The van der Waals surface area contributed by atoms with Gasteiger partial charge in [0, 0.05) is 12.6 Å². The molecule has 1 heterocycles. The van der Waals surface area contributed by atoms with Gasteiger partial charge in [0.05, 0.1) is 0 Å². The summed E-state index contributed by atoms with van der Waals surface area (Å²) in [4.78, 5) is 14.4. The third-order valence-electron chi connectivity index (χ3n) is 3.59. The Bertz CT molecular complexity index is 605. The van der Waals surface area contributed by atoms with Crippen molar-refractivity contribution in [3.05, 3.63) is 52.2 Å². The Labute approximate surface area is 129 Å². The van der Waals surface area contributed by atoms with Crippen LogP contribution in [0.1, 0.15) is 24.0 Å². The molecule has 1 aromatic carbocycles. The molecule has 0 atom stereocenters. The van der Waals surface area contributed by atoms with Gasteiger partial charge in [-0.1, -0.05) is 12.1 Å².